The topological polar surface area (TPSA) is 73.7 Å². The van der Waals surface area contributed by atoms with E-state index in [-0.39, 0.29) is 32.3 Å². The zero-order valence-electron chi connectivity index (χ0n) is 21.3. The SMILES string of the molecule is C.CCCCCNC(=O)CN(CC(=O)N(C)N1Cc2ccccc2C1)c1cc2c(cnn2C)cc1C. The van der Waals surface area contributed by atoms with Crippen molar-refractivity contribution in [2.24, 2.45) is 7.05 Å². The zero-order chi connectivity index (χ0) is 24.9. The second-order valence-electron chi connectivity index (χ2n) is 9.39. The molecule has 0 fully saturated rings. The lowest BCUT2D eigenvalue weighted by molar-refractivity contribution is -0.145. The molecule has 2 heterocycles. The maximum atomic E-state index is 13.4. The van der Waals surface area contributed by atoms with Crippen LogP contribution in [0.3, 0.4) is 0 Å². The summed E-state index contributed by atoms with van der Waals surface area (Å²) < 4.78 is 1.82. The van der Waals surface area contributed by atoms with E-state index in [0.29, 0.717) is 19.6 Å². The van der Waals surface area contributed by atoms with E-state index in [2.05, 4.69) is 35.5 Å². The molecular formula is C28H40N6O2. The number of anilines is 1. The van der Waals surface area contributed by atoms with Crippen molar-refractivity contribution in [2.45, 2.75) is 53.6 Å². The van der Waals surface area contributed by atoms with E-state index < -0.39 is 0 Å². The van der Waals surface area contributed by atoms with Gasteiger partial charge in [-0.1, -0.05) is 51.5 Å². The Bertz CT molecular complexity index is 1180. The van der Waals surface area contributed by atoms with Crippen molar-refractivity contribution < 1.29 is 9.59 Å². The number of carbonyl (C=O) groups is 2. The third-order valence-corrected chi connectivity index (χ3v) is 6.78. The number of benzene rings is 2. The van der Waals surface area contributed by atoms with E-state index in [0.717, 1.165) is 41.4 Å². The summed E-state index contributed by atoms with van der Waals surface area (Å²) in [5.41, 5.74) is 5.33. The van der Waals surface area contributed by atoms with Crippen LogP contribution in [0, 0.1) is 6.92 Å². The number of hydrogen-bond acceptors (Lipinski definition) is 5. The number of likely N-dealkylation sites (N-methyl/N-ethyl adjacent to an activating group) is 1. The molecule has 0 aliphatic carbocycles. The Morgan fingerprint density at radius 2 is 1.78 bits per heavy atom. The Kier molecular flexibility index (Phi) is 9.09. The summed E-state index contributed by atoms with van der Waals surface area (Å²) in [5, 5.41) is 12.2. The molecule has 2 aromatic carbocycles. The molecule has 8 heteroatoms. The van der Waals surface area contributed by atoms with Gasteiger partial charge in [0.25, 0.3) is 5.91 Å². The summed E-state index contributed by atoms with van der Waals surface area (Å²) >= 11 is 0. The Labute approximate surface area is 214 Å². The predicted octanol–water partition coefficient (Wildman–Crippen LogP) is 4.02. The van der Waals surface area contributed by atoms with Gasteiger partial charge in [-0.2, -0.15) is 5.10 Å². The van der Waals surface area contributed by atoms with Crippen LogP contribution in [-0.4, -0.2) is 58.3 Å². The summed E-state index contributed by atoms with van der Waals surface area (Å²) in [6, 6.07) is 12.4. The number of rotatable bonds is 10. The average Bonchev–Trinajstić information content (AvgIpc) is 3.43. The number of nitrogens with one attached hydrogen (secondary N) is 1. The van der Waals surface area contributed by atoms with Crippen LogP contribution < -0.4 is 10.2 Å². The second kappa shape index (κ2) is 12.0. The van der Waals surface area contributed by atoms with Crippen molar-refractivity contribution in [1.29, 1.82) is 0 Å². The lowest BCUT2D eigenvalue weighted by atomic mass is 10.1. The van der Waals surface area contributed by atoms with Gasteiger partial charge in [0.2, 0.25) is 5.91 Å². The summed E-state index contributed by atoms with van der Waals surface area (Å²) in [6.07, 6.45) is 4.98. The quantitative estimate of drug-likeness (QED) is 0.433. The molecule has 0 saturated carbocycles. The average molecular weight is 493 g/mol. The number of carbonyl (C=O) groups excluding carboxylic acids is 2. The van der Waals surface area contributed by atoms with Crippen molar-refractivity contribution >= 4 is 28.4 Å². The van der Waals surface area contributed by atoms with Gasteiger partial charge in [0.15, 0.2) is 0 Å². The van der Waals surface area contributed by atoms with E-state index in [1.165, 1.54) is 11.1 Å². The minimum absolute atomic E-state index is 0. The Morgan fingerprint density at radius 3 is 2.44 bits per heavy atom. The molecular weight excluding hydrogens is 452 g/mol. The van der Waals surface area contributed by atoms with Crippen LogP contribution >= 0.6 is 0 Å². The minimum atomic E-state index is -0.0744. The molecule has 1 aliphatic rings. The number of hydrazine groups is 1. The number of fused-ring (bicyclic) bond motifs is 2. The highest BCUT2D eigenvalue weighted by Crippen LogP contribution is 2.27. The van der Waals surface area contributed by atoms with E-state index in [4.69, 9.17) is 0 Å². The fraction of sp³-hybridized carbons (Fsp3) is 0.464. The molecule has 1 aliphatic heterocycles. The highest BCUT2D eigenvalue weighted by molar-refractivity contribution is 5.90. The van der Waals surface area contributed by atoms with Crippen molar-refractivity contribution in [3.63, 3.8) is 0 Å². The van der Waals surface area contributed by atoms with E-state index >= 15 is 0 Å². The summed E-state index contributed by atoms with van der Waals surface area (Å²) in [4.78, 5) is 28.2. The lowest BCUT2D eigenvalue weighted by Gasteiger charge is -2.32. The van der Waals surface area contributed by atoms with Crippen LogP contribution in [0.5, 0.6) is 0 Å². The highest BCUT2D eigenvalue weighted by atomic mass is 16.2. The van der Waals surface area contributed by atoms with Crippen molar-refractivity contribution in [1.82, 2.24) is 25.1 Å². The van der Waals surface area contributed by atoms with Gasteiger partial charge >= 0.3 is 0 Å². The van der Waals surface area contributed by atoms with Crippen LogP contribution in [0.25, 0.3) is 10.9 Å². The smallest absolute Gasteiger partial charge is 0.256 e. The molecule has 1 aromatic heterocycles. The van der Waals surface area contributed by atoms with Crippen LogP contribution in [0.1, 0.15) is 50.3 Å². The summed E-state index contributed by atoms with van der Waals surface area (Å²) in [6.45, 7) is 6.44. The van der Waals surface area contributed by atoms with Gasteiger partial charge in [-0.05, 0) is 42.2 Å². The molecule has 0 spiro atoms. The van der Waals surface area contributed by atoms with Crippen LogP contribution in [0.15, 0.2) is 42.6 Å². The first-order valence-electron chi connectivity index (χ1n) is 12.4. The van der Waals surface area contributed by atoms with Crippen LogP contribution in [0.4, 0.5) is 5.69 Å². The normalized spacial score (nSPS) is 12.8. The van der Waals surface area contributed by atoms with Crippen LogP contribution in [-0.2, 0) is 29.7 Å². The molecule has 3 aromatic rings. The second-order valence-corrected chi connectivity index (χ2v) is 9.39. The van der Waals surface area contributed by atoms with Gasteiger partial charge < -0.3 is 10.2 Å². The number of aromatic nitrogens is 2. The molecule has 8 nitrogen and oxygen atoms in total. The van der Waals surface area contributed by atoms with Crippen LogP contribution in [0.2, 0.25) is 0 Å². The summed E-state index contributed by atoms with van der Waals surface area (Å²) in [5.74, 6) is -0.129. The number of nitrogens with zero attached hydrogens (tertiary/aromatic N) is 5. The van der Waals surface area contributed by atoms with Crippen molar-refractivity contribution in [3.05, 3.63) is 59.3 Å². The van der Waals surface area contributed by atoms with Gasteiger partial charge in [0, 0.05) is 44.8 Å². The molecule has 0 radical (unpaired) electrons. The Balaban J connectivity index is 0.00000361. The fourth-order valence-electron chi connectivity index (χ4n) is 4.65. The van der Waals surface area contributed by atoms with Crippen molar-refractivity contribution in [3.8, 4) is 0 Å². The molecule has 1 N–H and O–H groups in total. The third-order valence-electron chi connectivity index (χ3n) is 6.78. The number of unbranched alkanes of at least 4 members (excludes halogenated alkanes) is 2. The predicted molar refractivity (Wildman–Crippen MR) is 145 cm³/mol. The van der Waals surface area contributed by atoms with Gasteiger partial charge in [-0.3, -0.25) is 19.3 Å². The first kappa shape index (κ1) is 27.2. The Morgan fingerprint density at radius 1 is 1.08 bits per heavy atom. The van der Waals surface area contributed by atoms with Gasteiger partial charge in [0.1, 0.15) is 0 Å². The van der Waals surface area contributed by atoms with E-state index in [1.54, 1.807) is 5.01 Å². The van der Waals surface area contributed by atoms with Crippen molar-refractivity contribution in [2.75, 3.05) is 31.6 Å². The van der Waals surface area contributed by atoms with E-state index in [9.17, 15) is 9.59 Å². The summed E-state index contributed by atoms with van der Waals surface area (Å²) in [7, 11) is 3.71. The van der Waals surface area contributed by atoms with Gasteiger partial charge in [-0.25, -0.2) is 5.01 Å². The molecule has 0 atom stereocenters. The van der Waals surface area contributed by atoms with Gasteiger partial charge in [0.05, 0.1) is 24.8 Å². The molecule has 194 valence electrons. The number of amides is 2. The number of aryl methyl sites for hydroxylation is 2. The highest BCUT2D eigenvalue weighted by Gasteiger charge is 2.27. The molecule has 36 heavy (non-hydrogen) atoms. The minimum Gasteiger partial charge on any atom is -0.355 e. The molecule has 0 bridgehead atoms. The fourth-order valence-corrected chi connectivity index (χ4v) is 4.65. The first-order chi connectivity index (χ1) is 16.9. The standard InChI is InChI=1S/C27H36N6O2.CH4/c1-5-6-9-12-28-26(34)18-32(24-14-25-23(13-20(24)2)15-29-30(25)3)19-27(35)31(4)33-16-21-10-7-8-11-22(21)17-33;/h7-8,10-11,13-15H,5-6,9,12,16-19H2,1-4H3,(H,28,34);1H4. The van der Waals surface area contributed by atoms with Gasteiger partial charge in [-0.15, -0.1) is 0 Å². The maximum Gasteiger partial charge on any atom is 0.256 e. The third kappa shape index (κ3) is 6.05. The molecule has 0 saturated heterocycles. The van der Waals surface area contributed by atoms with E-state index in [1.807, 2.05) is 60.0 Å². The monoisotopic (exact) mass is 492 g/mol. The maximum absolute atomic E-state index is 13.4. The molecule has 2 amide bonds. The molecule has 0 unspecified atom stereocenters. The Hall–Kier alpha value is -3.39. The number of hydrogen-bond donors (Lipinski definition) is 1. The lowest BCUT2D eigenvalue weighted by Crippen LogP contribution is -2.48. The largest absolute Gasteiger partial charge is 0.355 e. The molecule has 4 rings (SSSR count). The zero-order valence-corrected chi connectivity index (χ0v) is 21.3. The first-order valence-corrected chi connectivity index (χ1v) is 12.4.